The number of hydrogen-bond donors (Lipinski definition) is 1. The van der Waals surface area contributed by atoms with Crippen LogP contribution in [0.15, 0.2) is 53.4 Å². The van der Waals surface area contributed by atoms with Crippen molar-refractivity contribution in [3.63, 3.8) is 0 Å². The number of hydrogen-bond acceptors (Lipinski definition) is 3. The summed E-state index contributed by atoms with van der Waals surface area (Å²) in [5.41, 5.74) is 7.06. The van der Waals surface area contributed by atoms with Gasteiger partial charge in [-0.2, -0.15) is 4.31 Å². The highest BCUT2D eigenvalue weighted by molar-refractivity contribution is 7.89. The molecule has 4 nitrogen and oxygen atoms in total. The molecule has 0 fully saturated rings. The molecule has 0 aliphatic rings. The topological polar surface area (TPSA) is 63.4 Å². The normalized spacial score (nSPS) is 11.3. The second-order valence-electron chi connectivity index (χ2n) is 5.40. The third-order valence-electron chi connectivity index (χ3n) is 3.52. The average Bonchev–Trinajstić information content (AvgIpc) is 2.54. The Morgan fingerprint density at radius 1 is 1.12 bits per heavy atom. The van der Waals surface area contributed by atoms with Crippen molar-refractivity contribution in [3.05, 3.63) is 65.5 Å². The fourth-order valence-electron chi connectivity index (χ4n) is 2.29. The predicted molar refractivity (Wildman–Crippen MR) is 96.1 cm³/mol. The van der Waals surface area contributed by atoms with Crippen LogP contribution in [0, 0.1) is 12.7 Å². The first-order valence-corrected chi connectivity index (χ1v) is 8.89. The summed E-state index contributed by atoms with van der Waals surface area (Å²) in [5.74, 6) is -0.735. The Morgan fingerprint density at radius 2 is 1.79 bits per heavy atom. The van der Waals surface area contributed by atoms with Crippen LogP contribution in [0.4, 0.5) is 4.39 Å². The highest BCUT2D eigenvalue weighted by Gasteiger charge is 2.27. The molecule has 0 aliphatic heterocycles. The van der Waals surface area contributed by atoms with E-state index < -0.39 is 15.8 Å². The highest BCUT2D eigenvalue weighted by Crippen LogP contribution is 2.22. The molecule has 0 bridgehead atoms. The summed E-state index contributed by atoms with van der Waals surface area (Å²) in [6, 6.07) is 13.3. The van der Waals surface area contributed by atoms with E-state index in [1.807, 2.05) is 30.3 Å². The van der Waals surface area contributed by atoms with E-state index in [0.29, 0.717) is 18.5 Å². The zero-order valence-electron chi connectivity index (χ0n) is 13.5. The van der Waals surface area contributed by atoms with Crippen LogP contribution in [0.2, 0.25) is 0 Å². The van der Waals surface area contributed by atoms with Gasteiger partial charge in [0.15, 0.2) is 0 Å². The lowest BCUT2D eigenvalue weighted by Crippen LogP contribution is -2.33. The number of aryl methyl sites for hydroxylation is 1. The van der Waals surface area contributed by atoms with Crippen LogP contribution in [0.5, 0.6) is 0 Å². The van der Waals surface area contributed by atoms with E-state index in [2.05, 4.69) is 0 Å². The Bertz CT molecular complexity index is 754. The summed E-state index contributed by atoms with van der Waals surface area (Å²) in [5, 5.41) is 0. The first-order chi connectivity index (χ1) is 10.9. The molecule has 2 N–H and O–H groups in total. The lowest BCUT2D eigenvalue weighted by molar-refractivity contribution is 0.398. The van der Waals surface area contributed by atoms with Crippen LogP contribution in [0.25, 0.3) is 0 Å². The Morgan fingerprint density at radius 3 is 2.42 bits per heavy atom. The molecular formula is C17H22ClFN2O2S. The number of benzene rings is 2. The predicted octanol–water partition coefficient (Wildman–Crippen LogP) is 3.10. The molecule has 2 rings (SSSR count). The maximum atomic E-state index is 14.1. The van der Waals surface area contributed by atoms with Crippen molar-refractivity contribution >= 4 is 22.4 Å². The quantitative estimate of drug-likeness (QED) is 0.812. The van der Waals surface area contributed by atoms with Gasteiger partial charge in [0, 0.05) is 13.1 Å². The van der Waals surface area contributed by atoms with E-state index in [4.69, 9.17) is 5.73 Å². The molecule has 0 aliphatic carbocycles. The zero-order chi connectivity index (χ0) is 16.9. The summed E-state index contributed by atoms with van der Waals surface area (Å²) in [4.78, 5) is -0.287. The molecule has 0 saturated heterocycles. The summed E-state index contributed by atoms with van der Waals surface area (Å²) in [6.07, 6.45) is 0.513. The second kappa shape index (κ2) is 9.13. The van der Waals surface area contributed by atoms with Gasteiger partial charge in [-0.05, 0) is 43.1 Å². The Labute approximate surface area is 148 Å². The molecule has 0 atom stereocenters. The molecule has 0 aromatic heterocycles. The van der Waals surface area contributed by atoms with Crippen molar-refractivity contribution in [1.82, 2.24) is 4.31 Å². The summed E-state index contributed by atoms with van der Waals surface area (Å²) >= 11 is 0. The van der Waals surface area contributed by atoms with Gasteiger partial charge in [-0.15, -0.1) is 12.4 Å². The van der Waals surface area contributed by atoms with Gasteiger partial charge in [0.25, 0.3) is 0 Å². The molecule has 0 heterocycles. The Kier molecular flexibility index (Phi) is 7.83. The van der Waals surface area contributed by atoms with Crippen molar-refractivity contribution in [2.45, 2.75) is 24.8 Å². The molecule has 0 amide bonds. The summed E-state index contributed by atoms with van der Waals surface area (Å²) in [6.45, 7) is 2.55. The van der Waals surface area contributed by atoms with Crippen LogP contribution in [0.3, 0.4) is 0 Å². The standard InChI is InChI=1S/C17H21FN2O2S.ClH/c1-14-8-9-16(18)17(12-14)23(21,22)20(11-5-10-19)13-15-6-3-2-4-7-15;/h2-4,6-9,12H,5,10-11,13,19H2,1H3;1H. The molecule has 0 unspecified atom stereocenters. The van der Waals surface area contributed by atoms with Gasteiger partial charge in [-0.3, -0.25) is 0 Å². The van der Waals surface area contributed by atoms with Crippen LogP contribution < -0.4 is 5.73 Å². The molecule has 24 heavy (non-hydrogen) atoms. The van der Waals surface area contributed by atoms with E-state index in [0.717, 1.165) is 5.56 Å². The fraction of sp³-hybridized carbons (Fsp3) is 0.294. The Hall–Kier alpha value is -1.47. The van der Waals surface area contributed by atoms with Crippen molar-refractivity contribution in [2.75, 3.05) is 13.1 Å². The van der Waals surface area contributed by atoms with Crippen molar-refractivity contribution in [1.29, 1.82) is 0 Å². The molecule has 0 radical (unpaired) electrons. The molecule has 7 heteroatoms. The van der Waals surface area contributed by atoms with Gasteiger partial charge in [-0.1, -0.05) is 36.4 Å². The van der Waals surface area contributed by atoms with E-state index in [1.165, 1.54) is 16.4 Å². The third kappa shape index (κ3) is 5.01. The minimum Gasteiger partial charge on any atom is -0.330 e. The van der Waals surface area contributed by atoms with Crippen molar-refractivity contribution in [3.8, 4) is 0 Å². The largest absolute Gasteiger partial charge is 0.330 e. The number of nitrogens with zero attached hydrogens (tertiary/aromatic N) is 1. The maximum absolute atomic E-state index is 14.1. The van der Waals surface area contributed by atoms with Gasteiger partial charge < -0.3 is 5.73 Å². The van der Waals surface area contributed by atoms with E-state index >= 15 is 0 Å². The molecule has 2 aromatic carbocycles. The molecular weight excluding hydrogens is 351 g/mol. The zero-order valence-corrected chi connectivity index (χ0v) is 15.1. The lowest BCUT2D eigenvalue weighted by atomic mass is 10.2. The van der Waals surface area contributed by atoms with Gasteiger partial charge in [0.05, 0.1) is 0 Å². The van der Waals surface area contributed by atoms with Gasteiger partial charge in [0.1, 0.15) is 10.7 Å². The van der Waals surface area contributed by atoms with Crippen LogP contribution in [0.1, 0.15) is 17.5 Å². The number of nitrogens with two attached hydrogens (primary N) is 1. The first kappa shape index (κ1) is 20.6. The lowest BCUT2D eigenvalue weighted by Gasteiger charge is -2.22. The number of halogens is 2. The first-order valence-electron chi connectivity index (χ1n) is 7.45. The van der Waals surface area contributed by atoms with E-state index in [-0.39, 0.29) is 30.4 Å². The van der Waals surface area contributed by atoms with Crippen molar-refractivity contribution in [2.24, 2.45) is 5.73 Å². The average molecular weight is 373 g/mol. The minimum absolute atomic E-state index is 0. The van der Waals surface area contributed by atoms with Crippen LogP contribution >= 0.6 is 12.4 Å². The van der Waals surface area contributed by atoms with Crippen LogP contribution in [-0.2, 0) is 16.6 Å². The molecule has 132 valence electrons. The SMILES string of the molecule is Cc1ccc(F)c(S(=O)(=O)N(CCCN)Cc2ccccc2)c1.Cl. The van der Waals surface area contributed by atoms with Crippen LogP contribution in [-0.4, -0.2) is 25.8 Å². The highest BCUT2D eigenvalue weighted by atomic mass is 35.5. The minimum atomic E-state index is -3.92. The monoisotopic (exact) mass is 372 g/mol. The summed E-state index contributed by atoms with van der Waals surface area (Å²) < 4.78 is 41.1. The molecule has 0 spiro atoms. The van der Waals surface area contributed by atoms with Gasteiger partial charge in [0.2, 0.25) is 10.0 Å². The van der Waals surface area contributed by atoms with E-state index in [1.54, 1.807) is 13.0 Å². The van der Waals surface area contributed by atoms with Crippen molar-refractivity contribution < 1.29 is 12.8 Å². The van der Waals surface area contributed by atoms with Gasteiger partial charge in [-0.25, -0.2) is 12.8 Å². The smallest absolute Gasteiger partial charge is 0.246 e. The molecule has 2 aromatic rings. The number of sulfonamides is 1. The van der Waals surface area contributed by atoms with E-state index in [9.17, 15) is 12.8 Å². The maximum Gasteiger partial charge on any atom is 0.246 e. The third-order valence-corrected chi connectivity index (χ3v) is 5.38. The Balaban J connectivity index is 0.00000288. The van der Waals surface area contributed by atoms with Gasteiger partial charge >= 0.3 is 0 Å². The second-order valence-corrected chi connectivity index (χ2v) is 7.31. The molecule has 0 saturated carbocycles. The number of rotatable bonds is 7. The summed E-state index contributed by atoms with van der Waals surface area (Å²) in [7, 11) is -3.92. The fourth-order valence-corrected chi connectivity index (χ4v) is 3.90.